The molecule has 0 aliphatic carbocycles. The number of methoxy groups -OCH3 is 1. The van der Waals surface area contributed by atoms with Gasteiger partial charge < -0.3 is 10.1 Å². The number of amides is 1. The number of ether oxygens (including phenoxy) is 1. The van der Waals surface area contributed by atoms with Crippen LogP contribution < -0.4 is 5.32 Å². The largest absolute Gasteiger partial charge is 0.467 e. The van der Waals surface area contributed by atoms with Crippen molar-refractivity contribution in [2.24, 2.45) is 0 Å². The van der Waals surface area contributed by atoms with Gasteiger partial charge in [-0.3, -0.25) is 4.79 Å². The Morgan fingerprint density at radius 2 is 1.85 bits per heavy atom. The average molecular weight is 271 g/mol. The topological polar surface area (TPSA) is 55.4 Å². The molecule has 2 rings (SSSR count). The summed E-state index contributed by atoms with van der Waals surface area (Å²) < 4.78 is 4.66. The number of benzene rings is 2. The summed E-state index contributed by atoms with van der Waals surface area (Å²) in [6, 6.07) is 12.7. The number of fused-ring (bicyclic) bond motifs is 1. The standard InChI is InChI=1S/C16H17NO3/c1-3-14(16(19)20-2)17-15(18)13-9-8-11-6-4-5-7-12(11)10-13/h4-10,14H,3H2,1-2H3,(H,17,18). The average Bonchev–Trinajstić information content (AvgIpc) is 2.51. The van der Waals surface area contributed by atoms with E-state index in [2.05, 4.69) is 10.1 Å². The van der Waals surface area contributed by atoms with Crippen molar-refractivity contribution in [2.75, 3.05) is 7.11 Å². The molecule has 0 spiro atoms. The van der Waals surface area contributed by atoms with Gasteiger partial charge in [-0.15, -0.1) is 0 Å². The predicted octanol–water partition coefficient (Wildman–Crippen LogP) is 2.52. The molecule has 0 saturated heterocycles. The van der Waals surface area contributed by atoms with Crippen LogP contribution in [0.25, 0.3) is 10.8 Å². The summed E-state index contributed by atoms with van der Waals surface area (Å²) in [5.74, 6) is -0.699. The second kappa shape index (κ2) is 6.19. The van der Waals surface area contributed by atoms with E-state index in [9.17, 15) is 9.59 Å². The van der Waals surface area contributed by atoms with E-state index in [1.54, 1.807) is 6.07 Å². The molecule has 0 saturated carbocycles. The van der Waals surface area contributed by atoms with E-state index in [0.717, 1.165) is 10.8 Å². The molecular weight excluding hydrogens is 254 g/mol. The fraction of sp³-hybridized carbons (Fsp3) is 0.250. The number of carbonyl (C=O) groups excluding carboxylic acids is 2. The third-order valence-electron chi connectivity index (χ3n) is 3.21. The van der Waals surface area contributed by atoms with Crippen molar-refractivity contribution in [1.82, 2.24) is 5.32 Å². The van der Waals surface area contributed by atoms with Crippen molar-refractivity contribution < 1.29 is 14.3 Å². The lowest BCUT2D eigenvalue weighted by atomic mass is 10.1. The highest BCUT2D eigenvalue weighted by molar-refractivity contribution is 6.00. The number of carbonyl (C=O) groups is 2. The Hall–Kier alpha value is -2.36. The zero-order chi connectivity index (χ0) is 14.5. The first-order valence-electron chi connectivity index (χ1n) is 6.53. The van der Waals surface area contributed by atoms with Crippen LogP contribution in [-0.2, 0) is 9.53 Å². The molecule has 1 N–H and O–H groups in total. The third-order valence-corrected chi connectivity index (χ3v) is 3.21. The van der Waals surface area contributed by atoms with Gasteiger partial charge >= 0.3 is 5.97 Å². The lowest BCUT2D eigenvalue weighted by molar-refractivity contribution is -0.142. The van der Waals surface area contributed by atoms with E-state index < -0.39 is 12.0 Å². The second-order valence-corrected chi connectivity index (χ2v) is 4.52. The number of hydrogen-bond donors (Lipinski definition) is 1. The molecule has 1 amide bonds. The van der Waals surface area contributed by atoms with Gasteiger partial charge in [0.05, 0.1) is 7.11 Å². The van der Waals surface area contributed by atoms with Gasteiger partial charge in [-0.05, 0) is 29.3 Å². The normalized spacial score (nSPS) is 11.9. The predicted molar refractivity (Wildman–Crippen MR) is 77.5 cm³/mol. The fourth-order valence-electron chi connectivity index (χ4n) is 2.04. The maximum Gasteiger partial charge on any atom is 0.328 e. The Kier molecular flexibility index (Phi) is 4.35. The van der Waals surface area contributed by atoms with Crippen LogP contribution in [0.1, 0.15) is 23.7 Å². The minimum atomic E-state index is -0.612. The molecule has 1 unspecified atom stereocenters. The molecule has 2 aromatic carbocycles. The first-order valence-corrected chi connectivity index (χ1v) is 6.53. The summed E-state index contributed by atoms with van der Waals surface area (Å²) in [7, 11) is 1.31. The second-order valence-electron chi connectivity index (χ2n) is 4.52. The van der Waals surface area contributed by atoms with E-state index >= 15 is 0 Å². The summed E-state index contributed by atoms with van der Waals surface area (Å²) in [5, 5.41) is 4.75. The van der Waals surface area contributed by atoms with Gasteiger partial charge in [0.25, 0.3) is 5.91 Å². The van der Waals surface area contributed by atoms with E-state index in [-0.39, 0.29) is 5.91 Å². The first kappa shape index (κ1) is 14.1. The molecule has 0 aromatic heterocycles. The van der Waals surface area contributed by atoms with Gasteiger partial charge in [-0.1, -0.05) is 37.3 Å². The van der Waals surface area contributed by atoms with Crippen LogP contribution >= 0.6 is 0 Å². The molecule has 20 heavy (non-hydrogen) atoms. The van der Waals surface area contributed by atoms with E-state index in [0.29, 0.717) is 12.0 Å². The molecule has 0 aliphatic heterocycles. The van der Waals surface area contributed by atoms with Crippen LogP contribution in [-0.4, -0.2) is 25.0 Å². The van der Waals surface area contributed by atoms with Crippen LogP contribution in [0.15, 0.2) is 42.5 Å². The van der Waals surface area contributed by atoms with Gasteiger partial charge in [-0.2, -0.15) is 0 Å². The molecule has 4 nitrogen and oxygen atoms in total. The molecule has 0 bridgehead atoms. The highest BCUT2D eigenvalue weighted by Gasteiger charge is 2.20. The number of esters is 1. The number of rotatable bonds is 4. The van der Waals surface area contributed by atoms with Crippen LogP contribution in [0.2, 0.25) is 0 Å². The van der Waals surface area contributed by atoms with Gasteiger partial charge in [0.1, 0.15) is 6.04 Å². The first-order chi connectivity index (χ1) is 9.65. The highest BCUT2D eigenvalue weighted by atomic mass is 16.5. The zero-order valence-electron chi connectivity index (χ0n) is 11.6. The minimum absolute atomic E-state index is 0.270. The Labute approximate surface area is 117 Å². The summed E-state index contributed by atoms with van der Waals surface area (Å²) in [5.41, 5.74) is 0.533. The molecule has 0 heterocycles. The van der Waals surface area contributed by atoms with Crippen molar-refractivity contribution in [2.45, 2.75) is 19.4 Å². The Morgan fingerprint density at radius 3 is 2.50 bits per heavy atom. The highest BCUT2D eigenvalue weighted by Crippen LogP contribution is 2.15. The van der Waals surface area contributed by atoms with E-state index in [4.69, 9.17) is 0 Å². The van der Waals surface area contributed by atoms with Crippen LogP contribution in [0.5, 0.6) is 0 Å². The summed E-state index contributed by atoms with van der Waals surface area (Å²) >= 11 is 0. The Bertz CT molecular complexity index is 636. The van der Waals surface area contributed by atoms with Crippen LogP contribution in [0, 0.1) is 0 Å². The monoisotopic (exact) mass is 271 g/mol. The van der Waals surface area contributed by atoms with Gasteiger partial charge in [-0.25, -0.2) is 4.79 Å². The summed E-state index contributed by atoms with van der Waals surface area (Å²) in [6.07, 6.45) is 0.492. The van der Waals surface area contributed by atoms with Crippen molar-refractivity contribution >= 4 is 22.6 Å². The summed E-state index contributed by atoms with van der Waals surface area (Å²) in [6.45, 7) is 1.82. The SMILES string of the molecule is CCC(NC(=O)c1ccc2ccccc2c1)C(=O)OC. The molecule has 104 valence electrons. The van der Waals surface area contributed by atoms with E-state index in [1.165, 1.54) is 7.11 Å². The maximum absolute atomic E-state index is 12.2. The third kappa shape index (κ3) is 2.96. The van der Waals surface area contributed by atoms with E-state index in [1.807, 2.05) is 43.3 Å². The number of hydrogen-bond acceptors (Lipinski definition) is 3. The molecule has 0 fully saturated rings. The summed E-state index contributed by atoms with van der Waals surface area (Å²) in [4.78, 5) is 23.6. The van der Waals surface area contributed by atoms with Crippen LogP contribution in [0.4, 0.5) is 0 Å². The quantitative estimate of drug-likeness (QED) is 0.869. The lowest BCUT2D eigenvalue weighted by Crippen LogP contribution is -2.41. The van der Waals surface area contributed by atoms with Gasteiger partial charge in [0.2, 0.25) is 0 Å². The van der Waals surface area contributed by atoms with Crippen molar-refractivity contribution in [3.63, 3.8) is 0 Å². The van der Waals surface area contributed by atoms with Crippen molar-refractivity contribution in [1.29, 1.82) is 0 Å². The maximum atomic E-state index is 12.2. The minimum Gasteiger partial charge on any atom is -0.467 e. The van der Waals surface area contributed by atoms with Crippen molar-refractivity contribution in [3.8, 4) is 0 Å². The number of nitrogens with one attached hydrogen (secondary N) is 1. The molecule has 2 aromatic rings. The van der Waals surface area contributed by atoms with Crippen LogP contribution in [0.3, 0.4) is 0 Å². The molecular formula is C16H17NO3. The fourth-order valence-corrected chi connectivity index (χ4v) is 2.04. The van der Waals surface area contributed by atoms with Crippen molar-refractivity contribution in [3.05, 3.63) is 48.0 Å². The lowest BCUT2D eigenvalue weighted by Gasteiger charge is -2.14. The van der Waals surface area contributed by atoms with Gasteiger partial charge in [0.15, 0.2) is 0 Å². The Balaban J connectivity index is 2.20. The Morgan fingerprint density at radius 1 is 1.15 bits per heavy atom. The zero-order valence-corrected chi connectivity index (χ0v) is 11.6. The van der Waals surface area contributed by atoms with Gasteiger partial charge in [0, 0.05) is 5.56 Å². The molecule has 4 heteroatoms. The molecule has 0 aliphatic rings. The smallest absolute Gasteiger partial charge is 0.328 e. The molecule has 0 radical (unpaired) electrons. The molecule has 1 atom stereocenters.